The Labute approximate surface area is 114 Å². The predicted molar refractivity (Wildman–Crippen MR) is 74.4 cm³/mol. The Hall–Kier alpha value is -1.45. The van der Waals surface area contributed by atoms with Crippen LogP contribution < -0.4 is 5.32 Å². The van der Waals surface area contributed by atoms with Crippen LogP contribution in [-0.2, 0) is 0 Å². The van der Waals surface area contributed by atoms with Crippen LogP contribution in [0.15, 0.2) is 18.3 Å². The Morgan fingerprint density at radius 2 is 2.16 bits per heavy atom. The number of nitrogens with one attached hydrogen (secondary N) is 1. The second-order valence-corrected chi connectivity index (χ2v) is 5.44. The molecule has 0 aliphatic rings. The van der Waals surface area contributed by atoms with Crippen molar-refractivity contribution in [1.29, 1.82) is 0 Å². The van der Waals surface area contributed by atoms with Crippen LogP contribution in [0.4, 0.5) is 4.39 Å². The third-order valence-electron chi connectivity index (χ3n) is 3.58. The first-order valence-corrected chi connectivity index (χ1v) is 6.84. The predicted octanol–water partition coefficient (Wildman–Crippen LogP) is 3.56. The molecule has 106 valence electrons. The molecule has 1 amide bonds. The summed E-state index contributed by atoms with van der Waals surface area (Å²) in [6.07, 6.45) is 4.46. The molecule has 4 heteroatoms. The quantitative estimate of drug-likeness (QED) is 0.800. The summed E-state index contributed by atoms with van der Waals surface area (Å²) in [5.74, 6) is -0.472. The van der Waals surface area contributed by atoms with Crippen molar-refractivity contribution in [3.63, 3.8) is 0 Å². The lowest BCUT2D eigenvalue weighted by Gasteiger charge is -2.35. The van der Waals surface area contributed by atoms with Crippen molar-refractivity contribution >= 4 is 5.91 Å². The van der Waals surface area contributed by atoms with E-state index in [0.29, 0.717) is 11.5 Å². The van der Waals surface area contributed by atoms with E-state index in [-0.39, 0.29) is 11.4 Å². The maximum Gasteiger partial charge on any atom is 0.251 e. The second kappa shape index (κ2) is 6.64. The summed E-state index contributed by atoms with van der Waals surface area (Å²) in [5.41, 5.74) is 0.00799. The summed E-state index contributed by atoms with van der Waals surface area (Å²) in [5, 5.41) is 3.00. The van der Waals surface area contributed by atoms with Crippen LogP contribution in [0.25, 0.3) is 0 Å². The smallest absolute Gasteiger partial charge is 0.251 e. The van der Waals surface area contributed by atoms with Crippen LogP contribution >= 0.6 is 0 Å². The minimum absolute atomic E-state index is 0.249. The van der Waals surface area contributed by atoms with Crippen LogP contribution in [0.1, 0.15) is 57.3 Å². The average molecular weight is 266 g/mol. The Bertz CT molecular complexity index is 432. The highest BCUT2D eigenvalue weighted by molar-refractivity contribution is 5.94. The van der Waals surface area contributed by atoms with Gasteiger partial charge in [0.25, 0.3) is 5.91 Å². The highest BCUT2D eigenvalue weighted by Gasteiger charge is 2.29. The maximum atomic E-state index is 13.0. The summed E-state index contributed by atoms with van der Waals surface area (Å²) in [4.78, 5) is 15.6. The number of aromatic nitrogens is 1. The van der Waals surface area contributed by atoms with Crippen LogP contribution in [0, 0.1) is 11.9 Å². The zero-order chi connectivity index (χ0) is 14.5. The van der Waals surface area contributed by atoms with Gasteiger partial charge < -0.3 is 5.32 Å². The Kier molecular flexibility index (Phi) is 5.45. The molecule has 1 unspecified atom stereocenters. The van der Waals surface area contributed by atoms with E-state index in [2.05, 4.69) is 24.1 Å². The first-order valence-electron chi connectivity index (χ1n) is 6.84. The van der Waals surface area contributed by atoms with E-state index in [1.54, 1.807) is 0 Å². The molecule has 0 saturated carbocycles. The fourth-order valence-corrected chi connectivity index (χ4v) is 2.43. The molecule has 3 nitrogen and oxygen atoms in total. The number of hydrogen-bond acceptors (Lipinski definition) is 2. The van der Waals surface area contributed by atoms with Crippen LogP contribution in [0.5, 0.6) is 0 Å². The molecule has 0 aromatic carbocycles. The third kappa shape index (κ3) is 4.30. The highest BCUT2D eigenvalue weighted by atomic mass is 19.1. The molecule has 0 aliphatic heterocycles. The first-order chi connectivity index (χ1) is 8.90. The topological polar surface area (TPSA) is 42.0 Å². The van der Waals surface area contributed by atoms with Crippen LogP contribution in [0.2, 0.25) is 0 Å². The van der Waals surface area contributed by atoms with Gasteiger partial charge in [-0.2, -0.15) is 4.39 Å². The van der Waals surface area contributed by atoms with Gasteiger partial charge in [0.05, 0.1) is 0 Å². The number of halogens is 1. The summed E-state index contributed by atoms with van der Waals surface area (Å²) in [7, 11) is 0. The number of rotatable bonds is 6. The lowest BCUT2D eigenvalue weighted by molar-refractivity contribution is 0.0872. The molecule has 1 aromatic rings. The molecule has 0 bridgehead atoms. The van der Waals surface area contributed by atoms with E-state index in [1.165, 1.54) is 12.3 Å². The number of pyridine rings is 1. The van der Waals surface area contributed by atoms with E-state index in [1.807, 2.05) is 13.8 Å². The Balaban J connectivity index is 2.79. The molecular weight excluding hydrogens is 243 g/mol. The minimum atomic E-state index is -0.633. The van der Waals surface area contributed by atoms with Gasteiger partial charge in [0.2, 0.25) is 5.95 Å². The molecule has 0 saturated heterocycles. The van der Waals surface area contributed by atoms with Crippen molar-refractivity contribution in [2.45, 2.75) is 52.5 Å². The van der Waals surface area contributed by atoms with Crippen molar-refractivity contribution in [2.75, 3.05) is 0 Å². The van der Waals surface area contributed by atoms with Gasteiger partial charge in [0, 0.05) is 23.4 Å². The lowest BCUT2D eigenvalue weighted by Crippen LogP contribution is -2.49. The summed E-state index contributed by atoms with van der Waals surface area (Å²) in [6, 6.07) is 2.68. The van der Waals surface area contributed by atoms with E-state index in [9.17, 15) is 9.18 Å². The zero-order valence-corrected chi connectivity index (χ0v) is 12.2. The maximum absolute atomic E-state index is 13.0. The molecular formula is C15H23FN2O. The molecule has 1 N–H and O–H groups in total. The van der Waals surface area contributed by atoms with Gasteiger partial charge in [-0.3, -0.25) is 4.79 Å². The number of amides is 1. The Morgan fingerprint density at radius 3 is 2.68 bits per heavy atom. The minimum Gasteiger partial charge on any atom is -0.347 e. The number of hydrogen-bond donors (Lipinski definition) is 1. The van der Waals surface area contributed by atoms with Crippen LogP contribution in [-0.4, -0.2) is 16.4 Å². The Morgan fingerprint density at radius 1 is 1.47 bits per heavy atom. The number of carbonyl (C=O) groups excluding carboxylic acids is 1. The third-order valence-corrected chi connectivity index (χ3v) is 3.58. The van der Waals surface area contributed by atoms with Crippen LogP contribution in [0.3, 0.4) is 0 Å². The fourth-order valence-electron chi connectivity index (χ4n) is 2.43. The monoisotopic (exact) mass is 266 g/mol. The average Bonchev–Trinajstić information content (AvgIpc) is 2.35. The molecule has 1 atom stereocenters. The first kappa shape index (κ1) is 15.6. The standard InChI is InChI=1S/C15H23FN2O/c1-5-7-12(6-2)15(3,4)18-14(19)11-8-9-17-13(16)10-11/h8-10,12H,5-7H2,1-4H3,(H,18,19). The van der Waals surface area contributed by atoms with Crippen molar-refractivity contribution < 1.29 is 9.18 Å². The lowest BCUT2D eigenvalue weighted by atomic mass is 9.82. The number of carbonyl (C=O) groups is 1. The van der Waals surface area contributed by atoms with Gasteiger partial charge in [-0.05, 0) is 32.3 Å². The van der Waals surface area contributed by atoms with Gasteiger partial charge >= 0.3 is 0 Å². The van der Waals surface area contributed by atoms with E-state index in [0.717, 1.165) is 25.3 Å². The normalized spacial score (nSPS) is 13.1. The van der Waals surface area contributed by atoms with E-state index >= 15 is 0 Å². The summed E-state index contributed by atoms with van der Waals surface area (Å²) >= 11 is 0. The number of nitrogens with zero attached hydrogens (tertiary/aromatic N) is 1. The molecule has 0 fully saturated rings. The molecule has 1 rings (SSSR count). The molecule has 0 radical (unpaired) electrons. The zero-order valence-electron chi connectivity index (χ0n) is 12.2. The fraction of sp³-hybridized carbons (Fsp3) is 0.600. The molecule has 0 spiro atoms. The summed E-state index contributed by atoms with van der Waals surface area (Å²) < 4.78 is 13.0. The van der Waals surface area contributed by atoms with Crippen molar-refractivity contribution in [3.05, 3.63) is 29.8 Å². The van der Waals surface area contributed by atoms with Gasteiger partial charge in [-0.1, -0.05) is 26.7 Å². The van der Waals surface area contributed by atoms with Gasteiger partial charge in [0.15, 0.2) is 0 Å². The molecule has 1 heterocycles. The largest absolute Gasteiger partial charge is 0.347 e. The van der Waals surface area contributed by atoms with Gasteiger partial charge in [0.1, 0.15) is 0 Å². The SMILES string of the molecule is CCCC(CC)C(C)(C)NC(=O)c1ccnc(F)c1. The van der Waals surface area contributed by atoms with E-state index < -0.39 is 5.95 Å². The van der Waals surface area contributed by atoms with Gasteiger partial charge in [-0.15, -0.1) is 0 Å². The van der Waals surface area contributed by atoms with Crippen molar-refractivity contribution in [1.82, 2.24) is 10.3 Å². The second-order valence-electron chi connectivity index (χ2n) is 5.44. The van der Waals surface area contributed by atoms with Crippen molar-refractivity contribution in [2.24, 2.45) is 5.92 Å². The highest BCUT2D eigenvalue weighted by Crippen LogP contribution is 2.25. The van der Waals surface area contributed by atoms with E-state index in [4.69, 9.17) is 0 Å². The molecule has 19 heavy (non-hydrogen) atoms. The molecule has 1 aromatic heterocycles. The molecule has 0 aliphatic carbocycles. The van der Waals surface area contributed by atoms with Gasteiger partial charge in [-0.25, -0.2) is 4.98 Å². The van der Waals surface area contributed by atoms with Crippen molar-refractivity contribution in [3.8, 4) is 0 Å². The summed E-state index contributed by atoms with van der Waals surface area (Å²) in [6.45, 7) is 8.30.